The van der Waals surface area contributed by atoms with Gasteiger partial charge in [-0.05, 0) is 68.1 Å². The highest BCUT2D eigenvalue weighted by atomic mass is 32.1. The van der Waals surface area contributed by atoms with Gasteiger partial charge in [0.25, 0.3) is 17.5 Å². The Morgan fingerprint density at radius 2 is 2.06 bits per heavy atom. The Labute approximate surface area is 190 Å². The van der Waals surface area contributed by atoms with Crippen molar-refractivity contribution in [3.63, 3.8) is 0 Å². The van der Waals surface area contributed by atoms with E-state index in [0.29, 0.717) is 17.8 Å². The number of carbonyl (C=O) groups is 2. The summed E-state index contributed by atoms with van der Waals surface area (Å²) < 4.78 is 1.70. The minimum atomic E-state index is -0.531. The van der Waals surface area contributed by atoms with Crippen LogP contribution in [0.3, 0.4) is 0 Å². The lowest BCUT2D eigenvalue weighted by Crippen LogP contribution is -2.54. The number of hydrogen-bond acceptors (Lipinski definition) is 5. The molecule has 2 heterocycles. The number of nitrogens with zero attached hydrogens (tertiary/aromatic N) is 3. The first-order chi connectivity index (χ1) is 15.4. The lowest BCUT2D eigenvalue weighted by atomic mass is 9.97. The molecule has 0 radical (unpaired) electrons. The van der Waals surface area contributed by atoms with Crippen LogP contribution in [0.4, 0.5) is 5.69 Å². The number of aromatic nitrogens is 1. The zero-order valence-corrected chi connectivity index (χ0v) is 18.1. The van der Waals surface area contributed by atoms with Gasteiger partial charge < -0.3 is 4.57 Å². The standard InChI is InChI=1S/C23H22N4O4S/c28-21-20(22(29)26(23(32)24-21)12-10-16-5-2-1-3-6-16)13-17-9-11-25(15-17)18-7-4-8-19(14-18)27(30)31/h4-5,7-9,11,13-15H,1-3,6,10,12H2,(H,24,28,32)/b20-13-. The van der Waals surface area contributed by atoms with Gasteiger partial charge in [0.15, 0.2) is 5.11 Å². The highest BCUT2D eigenvalue weighted by Gasteiger charge is 2.33. The number of rotatable bonds is 6. The quantitative estimate of drug-likeness (QED) is 0.180. The molecule has 0 bridgehead atoms. The van der Waals surface area contributed by atoms with E-state index in [1.807, 2.05) is 0 Å². The highest BCUT2D eigenvalue weighted by molar-refractivity contribution is 7.80. The van der Waals surface area contributed by atoms with E-state index in [4.69, 9.17) is 12.2 Å². The zero-order valence-electron chi connectivity index (χ0n) is 17.3. The molecule has 1 aromatic heterocycles. The third-order valence-electron chi connectivity index (χ3n) is 5.59. The molecule has 32 heavy (non-hydrogen) atoms. The number of amides is 2. The molecule has 9 heteroatoms. The number of benzene rings is 1. The van der Waals surface area contributed by atoms with Crippen molar-refractivity contribution in [3.05, 3.63) is 75.6 Å². The number of non-ortho nitro benzene ring substituents is 1. The molecular formula is C23H22N4O4S. The summed E-state index contributed by atoms with van der Waals surface area (Å²) in [6.45, 7) is 0.426. The molecule has 2 amide bonds. The fraction of sp³-hybridized carbons (Fsp3) is 0.261. The van der Waals surface area contributed by atoms with Gasteiger partial charge in [-0.2, -0.15) is 0 Å². The number of nitrogens with one attached hydrogen (secondary N) is 1. The molecule has 1 saturated heterocycles. The third-order valence-corrected chi connectivity index (χ3v) is 5.92. The van der Waals surface area contributed by atoms with Gasteiger partial charge in [0.1, 0.15) is 5.57 Å². The minimum absolute atomic E-state index is 0.00742. The van der Waals surface area contributed by atoms with Gasteiger partial charge in [0, 0.05) is 31.1 Å². The number of hydrogen-bond donors (Lipinski definition) is 1. The number of nitro benzene ring substituents is 1. The van der Waals surface area contributed by atoms with Crippen molar-refractivity contribution in [1.29, 1.82) is 0 Å². The zero-order chi connectivity index (χ0) is 22.7. The largest absolute Gasteiger partial charge is 0.323 e. The van der Waals surface area contributed by atoms with E-state index >= 15 is 0 Å². The van der Waals surface area contributed by atoms with Crippen LogP contribution in [-0.4, -0.2) is 37.9 Å². The molecule has 4 rings (SSSR count). The predicted octanol–water partition coefficient (Wildman–Crippen LogP) is 3.90. The molecule has 8 nitrogen and oxygen atoms in total. The second kappa shape index (κ2) is 9.27. The summed E-state index contributed by atoms with van der Waals surface area (Å²) in [5, 5.41) is 13.8. The van der Waals surface area contributed by atoms with Gasteiger partial charge in [-0.15, -0.1) is 0 Å². The lowest BCUT2D eigenvalue weighted by molar-refractivity contribution is -0.384. The Morgan fingerprint density at radius 3 is 2.81 bits per heavy atom. The Balaban J connectivity index is 1.53. The molecule has 1 N–H and O–H groups in total. The number of nitro groups is 1. The molecule has 0 unspecified atom stereocenters. The second-order valence-corrected chi connectivity index (χ2v) is 8.15. The second-order valence-electron chi connectivity index (χ2n) is 7.76. The Bertz CT molecular complexity index is 1160. The minimum Gasteiger partial charge on any atom is -0.323 e. The molecule has 0 atom stereocenters. The number of thiocarbonyl (C=S) groups is 1. The number of allylic oxidation sites excluding steroid dienone is 1. The van der Waals surface area contributed by atoms with Crippen LogP contribution in [0, 0.1) is 10.1 Å². The van der Waals surface area contributed by atoms with Crippen LogP contribution in [0.15, 0.2) is 59.9 Å². The summed E-state index contributed by atoms with van der Waals surface area (Å²) in [5.74, 6) is -0.950. The Hall–Kier alpha value is -3.59. The normalized spacial score (nSPS) is 18.0. The SMILES string of the molecule is O=C1NC(=S)N(CCC2=CCCCC2)C(=O)/C1=C\c1ccn(-c2cccc([N+](=O)[O-])c2)c1. The molecule has 0 spiro atoms. The van der Waals surface area contributed by atoms with Crippen LogP contribution in [0.2, 0.25) is 0 Å². The van der Waals surface area contributed by atoms with Gasteiger partial charge in [0.05, 0.1) is 10.6 Å². The molecular weight excluding hydrogens is 428 g/mol. The maximum atomic E-state index is 13.0. The van der Waals surface area contributed by atoms with E-state index in [9.17, 15) is 19.7 Å². The van der Waals surface area contributed by atoms with Gasteiger partial charge in [-0.25, -0.2) is 0 Å². The molecule has 2 aliphatic rings. The van der Waals surface area contributed by atoms with E-state index in [0.717, 1.165) is 25.7 Å². The van der Waals surface area contributed by atoms with Crippen LogP contribution in [0.5, 0.6) is 0 Å². The topological polar surface area (TPSA) is 97.5 Å². The van der Waals surface area contributed by atoms with E-state index in [1.54, 1.807) is 35.2 Å². The summed E-state index contributed by atoms with van der Waals surface area (Å²) in [5.41, 5.74) is 2.54. The summed E-state index contributed by atoms with van der Waals surface area (Å²) in [6.07, 6.45) is 12.4. The van der Waals surface area contributed by atoms with E-state index in [-0.39, 0.29) is 16.4 Å². The molecule has 0 saturated carbocycles. The van der Waals surface area contributed by atoms with Gasteiger partial charge in [0.2, 0.25) is 0 Å². The van der Waals surface area contributed by atoms with Gasteiger partial charge in [-0.3, -0.25) is 29.9 Å². The molecule has 164 valence electrons. The molecule has 1 aromatic carbocycles. The lowest BCUT2D eigenvalue weighted by Gasteiger charge is -2.29. The smallest absolute Gasteiger partial charge is 0.271 e. The maximum absolute atomic E-state index is 13.0. The van der Waals surface area contributed by atoms with Crippen molar-refractivity contribution in [1.82, 2.24) is 14.8 Å². The predicted molar refractivity (Wildman–Crippen MR) is 124 cm³/mol. The molecule has 2 aromatic rings. The summed E-state index contributed by atoms with van der Waals surface area (Å²) in [7, 11) is 0. The highest BCUT2D eigenvalue weighted by Crippen LogP contribution is 2.23. The first kappa shape index (κ1) is 21.6. The number of carbonyl (C=O) groups excluding carboxylic acids is 2. The Morgan fingerprint density at radius 1 is 1.22 bits per heavy atom. The maximum Gasteiger partial charge on any atom is 0.271 e. The van der Waals surface area contributed by atoms with Crippen molar-refractivity contribution >= 4 is 40.9 Å². The summed E-state index contributed by atoms with van der Waals surface area (Å²) >= 11 is 5.23. The van der Waals surface area contributed by atoms with Crippen LogP contribution >= 0.6 is 12.2 Å². The summed E-state index contributed by atoms with van der Waals surface area (Å²) in [4.78, 5) is 37.5. The van der Waals surface area contributed by atoms with Crippen molar-refractivity contribution < 1.29 is 14.5 Å². The van der Waals surface area contributed by atoms with Gasteiger partial charge >= 0.3 is 0 Å². The van der Waals surface area contributed by atoms with Crippen molar-refractivity contribution in [2.45, 2.75) is 32.1 Å². The molecule has 1 fully saturated rings. The van der Waals surface area contributed by atoms with Crippen LogP contribution in [0.25, 0.3) is 11.8 Å². The van der Waals surface area contributed by atoms with E-state index < -0.39 is 16.7 Å². The first-order valence-electron chi connectivity index (χ1n) is 10.4. The Kier molecular flexibility index (Phi) is 6.27. The van der Waals surface area contributed by atoms with Crippen LogP contribution in [0.1, 0.15) is 37.7 Å². The van der Waals surface area contributed by atoms with Crippen molar-refractivity contribution in [3.8, 4) is 5.69 Å². The molecule has 1 aliphatic heterocycles. The van der Waals surface area contributed by atoms with Crippen LogP contribution in [-0.2, 0) is 9.59 Å². The average Bonchev–Trinajstić information content (AvgIpc) is 3.26. The summed E-state index contributed by atoms with van der Waals surface area (Å²) in [6, 6.07) is 7.95. The monoisotopic (exact) mass is 450 g/mol. The average molecular weight is 451 g/mol. The van der Waals surface area contributed by atoms with Crippen molar-refractivity contribution in [2.75, 3.05) is 6.54 Å². The van der Waals surface area contributed by atoms with E-state index in [1.165, 1.54) is 35.1 Å². The third kappa shape index (κ3) is 4.67. The first-order valence-corrected chi connectivity index (χ1v) is 10.8. The molecule has 1 aliphatic carbocycles. The van der Waals surface area contributed by atoms with Gasteiger partial charge in [-0.1, -0.05) is 17.7 Å². The van der Waals surface area contributed by atoms with Crippen molar-refractivity contribution in [2.24, 2.45) is 0 Å². The fourth-order valence-electron chi connectivity index (χ4n) is 3.88. The van der Waals surface area contributed by atoms with Crippen LogP contribution < -0.4 is 5.32 Å². The van der Waals surface area contributed by atoms with E-state index in [2.05, 4.69) is 11.4 Å². The fourth-order valence-corrected chi connectivity index (χ4v) is 4.14.